The molecule has 0 amide bonds. The van der Waals surface area contributed by atoms with Gasteiger partial charge in [-0.05, 0) is 28.5 Å². The molecule has 0 aliphatic heterocycles. The van der Waals surface area contributed by atoms with Crippen molar-refractivity contribution in [1.29, 1.82) is 0 Å². The molecule has 4 heteroatoms. The second-order valence-electron chi connectivity index (χ2n) is 5.35. The lowest BCUT2D eigenvalue weighted by molar-refractivity contribution is -0.0689. The van der Waals surface area contributed by atoms with Gasteiger partial charge in [0.05, 0.1) is 5.57 Å². The molecule has 3 aromatic carbocycles. The molecular formula is C20H13F3O. The zero-order valence-electron chi connectivity index (χ0n) is 12.5. The van der Waals surface area contributed by atoms with Gasteiger partial charge < -0.3 is 0 Å². The Balaban J connectivity index is 2.09. The first-order valence-electron chi connectivity index (χ1n) is 7.32. The first-order chi connectivity index (χ1) is 11.4. The first-order valence-corrected chi connectivity index (χ1v) is 7.32. The van der Waals surface area contributed by atoms with Gasteiger partial charge in [0.2, 0.25) is 0 Å². The van der Waals surface area contributed by atoms with Crippen molar-refractivity contribution in [1.82, 2.24) is 0 Å². The van der Waals surface area contributed by atoms with Gasteiger partial charge in [-0.1, -0.05) is 66.7 Å². The van der Waals surface area contributed by atoms with Crippen LogP contribution in [0.2, 0.25) is 0 Å². The molecule has 0 atom stereocenters. The van der Waals surface area contributed by atoms with E-state index in [0.29, 0.717) is 11.5 Å². The lowest BCUT2D eigenvalue weighted by Gasteiger charge is -2.13. The van der Waals surface area contributed by atoms with E-state index in [9.17, 15) is 18.0 Å². The summed E-state index contributed by atoms with van der Waals surface area (Å²) in [5.74, 6) is -0.670. The standard InChI is InChI=1S/C20H13F3O/c21-20(22,23)18(13-19(24)15-7-2-1-3-8-15)17-11-10-14-6-4-5-9-16(14)12-17/h1-13H/b18-13-. The van der Waals surface area contributed by atoms with Crippen LogP contribution >= 0.6 is 0 Å². The van der Waals surface area contributed by atoms with E-state index in [4.69, 9.17) is 0 Å². The smallest absolute Gasteiger partial charge is 0.289 e. The third-order valence-corrected chi connectivity index (χ3v) is 3.70. The summed E-state index contributed by atoms with van der Waals surface area (Å²) >= 11 is 0. The largest absolute Gasteiger partial charge is 0.417 e. The second-order valence-corrected chi connectivity index (χ2v) is 5.35. The van der Waals surface area contributed by atoms with Crippen molar-refractivity contribution < 1.29 is 18.0 Å². The van der Waals surface area contributed by atoms with Crippen molar-refractivity contribution in [2.75, 3.05) is 0 Å². The number of benzene rings is 3. The first kappa shape index (κ1) is 16.0. The number of rotatable bonds is 3. The maximum absolute atomic E-state index is 13.5. The van der Waals surface area contributed by atoms with Gasteiger partial charge in [0.25, 0.3) is 0 Å². The van der Waals surface area contributed by atoms with E-state index in [0.717, 1.165) is 5.39 Å². The van der Waals surface area contributed by atoms with E-state index >= 15 is 0 Å². The molecule has 120 valence electrons. The van der Waals surface area contributed by atoms with Gasteiger partial charge in [0.15, 0.2) is 5.78 Å². The molecule has 0 unspecified atom stereocenters. The van der Waals surface area contributed by atoms with Gasteiger partial charge in [0, 0.05) is 5.56 Å². The Morgan fingerprint density at radius 2 is 1.38 bits per heavy atom. The maximum Gasteiger partial charge on any atom is 0.417 e. The molecule has 0 aliphatic rings. The van der Waals surface area contributed by atoms with Crippen LogP contribution in [0.3, 0.4) is 0 Å². The minimum absolute atomic E-state index is 0.0227. The van der Waals surface area contributed by atoms with E-state index in [2.05, 4.69) is 0 Å². The molecule has 0 heterocycles. The number of carbonyl (C=O) groups is 1. The fourth-order valence-corrected chi connectivity index (χ4v) is 2.50. The fourth-order valence-electron chi connectivity index (χ4n) is 2.50. The molecule has 0 fully saturated rings. The Hall–Kier alpha value is -2.88. The van der Waals surface area contributed by atoms with Gasteiger partial charge in [-0.15, -0.1) is 0 Å². The summed E-state index contributed by atoms with van der Waals surface area (Å²) < 4.78 is 40.4. The van der Waals surface area contributed by atoms with E-state index in [1.165, 1.54) is 24.3 Å². The number of alkyl halides is 3. The van der Waals surface area contributed by atoms with Crippen molar-refractivity contribution in [3.05, 3.63) is 90.0 Å². The van der Waals surface area contributed by atoms with Crippen molar-refractivity contribution in [2.24, 2.45) is 0 Å². The van der Waals surface area contributed by atoms with Gasteiger partial charge in [-0.2, -0.15) is 13.2 Å². The minimum atomic E-state index is -4.62. The highest BCUT2D eigenvalue weighted by atomic mass is 19.4. The summed E-state index contributed by atoms with van der Waals surface area (Å²) in [6.45, 7) is 0. The topological polar surface area (TPSA) is 17.1 Å². The number of allylic oxidation sites excluding steroid dienone is 2. The van der Waals surface area contributed by atoms with Gasteiger partial charge >= 0.3 is 6.18 Å². The minimum Gasteiger partial charge on any atom is -0.289 e. The number of carbonyl (C=O) groups excluding carboxylic acids is 1. The summed E-state index contributed by atoms with van der Waals surface area (Å²) in [7, 11) is 0. The van der Waals surface area contributed by atoms with Crippen molar-refractivity contribution >= 4 is 22.1 Å². The lowest BCUT2D eigenvalue weighted by atomic mass is 9.98. The predicted octanol–water partition coefficient (Wildman–Crippen LogP) is 5.67. The monoisotopic (exact) mass is 326 g/mol. The highest BCUT2D eigenvalue weighted by Gasteiger charge is 2.35. The molecule has 0 saturated heterocycles. The van der Waals surface area contributed by atoms with Gasteiger partial charge in [-0.3, -0.25) is 4.79 Å². The molecule has 3 rings (SSSR count). The summed E-state index contributed by atoms with van der Waals surface area (Å²) in [5, 5.41) is 1.54. The van der Waals surface area contributed by atoms with E-state index < -0.39 is 17.5 Å². The number of halogens is 3. The molecule has 0 radical (unpaired) electrons. The third-order valence-electron chi connectivity index (χ3n) is 3.70. The molecule has 0 N–H and O–H groups in total. The van der Waals surface area contributed by atoms with Crippen LogP contribution in [0.4, 0.5) is 13.2 Å². The van der Waals surface area contributed by atoms with Crippen LogP contribution in [0.15, 0.2) is 78.9 Å². The molecule has 1 nitrogen and oxygen atoms in total. The van der Waals surface area contributed by atoms with Crippen LogP contribution in [0.1, 0.15) is 15.9 Å². The average molecular weight is 326 g/mol. The molecule has 0 aliphatic carbocycles. The van der Waals surface area contributed by atoms with Gasteiger partial charge in [-0.25, -0.2) is 0 Å². The molecular weight excluding hydrogens is 313 g/mol. The second kappa shape index (κ2) is 6.32. The molecule has 24 heavy (non-hydrogen) atoms. The molecule has 0 aromatic heterocycles. The Bertz CT molecular complexity index is 909. The summed E-state index contributed by atoms with van der Waals surface area (Å²) in [6.07, 6.45) is -3.95. The Kier molecular flexibility index (Phi) is 4.21. The van der Waals surface area contributed by atoms with Crippen LogP contribution in [0, 0.1) is 0 Å². The van der Waals surface area contributed by atoms with E-state index in [1.807, 2.05) is 12.1 Å². The highest BCUT2D eigenvalue weighted by molar-refractivity contribution is 6.09. The molecule has 0 spiro atoms. The zero-order chi connectivity index (χ0) is 17.2. The average Bonchev–Trinajstić information content (AvgIpc) is 2.59. The summed E-state index contributed by atoms with van der Waals surface area (Å²) in [5.41, 5.74) is -0.743. The number of hydrogen-bond donors (Lipinski definition) is 0. The van der Waals surface area contributed by atoms with Crippen LogP contribution < -0.4 is 0 Å². The van der Waals surface area contributed by atoms with Crippen LogP contribution in [-0.2, 0) is 0 Å². The SMILES string of the molecule is O=C(/C=C(/c1ccc2ccccc2c1)C(F)(F)F)c1ccccc1. The summed E-state index contributed by atoms with van der Waals surface area (Å²) in [6, 6.07) is 19.5. The normalized spacial score (nSPS) is 12.4. The summed E-state index contributed by atoms with van der Waals surface area (Å²) in [4.78, 5) is 12.2. The van der Waals surface area contributed by atoms with Crippen LogP contribution in [0.25, 0.3) is 16.3 Å². The Morgan fingerprint density at radius 1 is 0.750 bits per heavy atom. The third kappa shape index (κ3) is 3.38. The fraction of sp³-hybridized carbons (Fsp3) is 0.0500. The molecule has 3 aromatic rings. The van der Waals surface area contributed by atoms with Crippen LogP contribution in [-0.4, -0.2) is 12.0 Å². The number of fused-ring (bicyclic) bond motifs is 1. The number of hydrogen-bond acceptors (Lipinski definition) is 1. The van der Waals surface area contributed by atoms with Gasteiger partial charge in [0.1, 0.15) is 0 Å². The molecule has 0 saturated carbocycles. The molecule has 0 bridgehead atoms. The van der Waals surface area contributed by atoms with Crippen LogP contribution in [0.5, 0.6) is 0 Å². The van der Waals surface area contributed by atoms with E-state index in [-0.39, 0.29) is 11.1 Å². The maximum atomic E-state index is 13.5. The predicted molar refractivity (Wildman–Crippen MR) is 88.8 cm³/mol. The van der Waals surface area contributed by atoms with Crippen molar-refractivity contribution in [2.45, 2.75) is 6.18 Å². The number of ketones is 1. The quantitative estimate of drug-likeness (QED) is 0.448. The highest BCUT2D eigenvalue weighted by Crippen LogP contribution is 2.35. The Morgan fingerprint density at radius 3 is 2.04 bits per heavy atom. The zero-order valence-corrected chi connectivity index (χ0v) is 12.5. The van der Waals surface area contributed by atoms with E-state index in [1.54, 1.807) is 36.4 Å². The van der Waals surface area contributed by atoms with Crippen molar-refractivity contribution in [3.63, 3.8) is 0 Å². The van der Waals surface area contributed by atoms with Crippen molar-refractivity contribution in [3.8, 4) is 0 Å². The Labute approximate surface area is 137 Å². The lowest BCUT2D eigenvalue weighted by Crippen LogP contribution is -2.13.